The number of urea groups is 1. The van der Waals surface area contributed by atoms with Crippen LogP contribution in [0.25, 0.3) is 0 Å². The Kier molecular flexibility index (Phi) is 12.6. The number of hydrogen-bond donors (Lipinski definition) is 1. The lowest BCUT2D eigenvalue weighted by Crippen LogP contribution is -2.50. The van der Waals surface area contributed by atoms with Crippen LogP contribution in [0, 0.1) is 6.92 Å². The van der Waals surface area contributed by atoms with E-state index >= 15 is 0 Å². The Morgan fingerprint density at radius 1 is 1.22 bits per heavy atom. The number of carbonyl (C=O) groups excluding carboxylic acids is 2. The quantitative estimate of drug-likeness (QED) is 0.132. The molecule has 0 aliphatic rings. The third-order valence-corrected chi connectivity index (χ3v) is 5.47. The fraction of sp³-hybridized carbons (Fsp3) is 0.444. The first-order chi connectivity index (χ1) is 17.3. The molecule has 0 heterocycles. The number of amides is 3. The number of anilines is 1. The van der Waals surface area contributed by atoms with E-state index in [1.807, 2.05) is 51.0 Å². The highest BCUT2D eigenvalue weighted by Crippen LogP contribution is 2.24. The lowest BCUT2D eigenvalue weighted by molar-refractivity contribution is -0.116. The summed E-state index contributed by atoms with van der Waals surface area (Å²) in [6.45, 7) is 9.01. The van der Waals surface area contributed by atoms with Gasteiger partial charge in [0.15, 0.2) is 0 Å². The van der Waals surface area contributed by atoms with Crippen LogP contribution in [0.5, 0.6) is 0 Å². The summed E-state index contributed by atoms with van der Waals surface area (Å²) in [5.41, 5.74) is 2.32. The number of rotatable bonds is 11. The van der Waals surface area contributed by atoms with Crippen molar-refractivity contribution in [3.05, 3.63) is 65.4 Å². The number of allylic oxidation sites excluding steroid dienone is 5. The van der Waals surface area contributed by atoms with Crippen LogP contribution in [0.15, 0.2) is 59.3 Å². The Hall–Kier alpha value is -3.56. The van der Waals surface area contributed by atoms with Gasteiger partial charge in [-0.05, 0) is 43.5 Å². The number of imide groups is 1. The molecule has 0 aliphatic carbocycles. The van der Waals surface area contributed by atoms with E-state index in [2.05, 4.69) is 16.9 Å². The van der Waals surface area contributed by atoms with Crippen molar-refractivity contribution >= 4 is 24.1 Å². The van der Waals surface area contributed by atoms with Gasteiger partial charge in [0.05, 0.1) is 6.54 Å². The molecule has 0 spiro atoms. The minimum absolute atomic E-state index is 0.124. The van der Waals surface area contributed by atoms with Gasteiger partial charge in [-0.15, -0.1) is 0 Å². The van der Waals surface area contributed by atoms with Gasteiger partial charge in [0.1, 0.15) is 0 Å². The van der Waals surface area contributed by atoms with Gasteiger partial charge in [-0.2, -0.15) is 13.2 Å². The minimum Gasteiger partial charge on any atom is -0.377 e. The number of carbonyl (C=O) groups is 2. The van der Waals surface area contributed by atoms with Gasteiger partial charge >= 0.3 is 12.2 Å². The molecule has 0 saturated heterocycles. The van der Waals surface area contributed by atoms with E-state index in [-0.39, 0.29) is 19.0 Å². The summed E-state index contributed by atoms with van der Waals surface area (Å²) in [7, 11) is 5.37. The lowest BCUT2D eigenvalue weighted by atomic mass is 10.1. The fourth-order valence-electron chi connectivity index (χ4n) is 3.48. The molecule has 1 aromatic carbocycles. The predicted molar refractivity (Wildman–Crippen MR) is 143 cm³/mol. The standard InChI is InChI=1S/C27H38F3N5O2/c1-8-9-10-16-34(19-36)26(37)35(18-23-14-15-24(33(6)7)20(2)17-23)25(31-5)32-22(4)13-11-12-21(3)27(28,29)30/h11-15,17,19H,3,8-10,16,18H2,1-2,4-7H3,(H,31,32)/b12-11-,22-13+. The second-order valence-electron chi connectivity index (χ2n) is 8.79. The Morgan fingerprint density at radius 2 is 1.89 bits per heavy atom. The van der Waals surface area contributed by atoms with Crippen LogP contribution in [0.1, 0.15) is 44.2 Å². The highest BCUT2D eigenvalue weighted by molar-refractivity contribution is 6.00. The molecular weight excluding hydrogens is 483 g/mol. The smallest absolute Gasteiger partial charge is 0.377 e. The number of nitrogens with one attached hydrogen (secondary N) is 1. The van der Waals surface area contributed by atoms with Crippen LogP contribution < -0.4 is 10.2 Å². The molecule has 0 radical (unpaired) electrons. The SMILES string of the molecule is C=C(/C=C\C=C(/C)NC(=NC)N(Cc1ccc(N(C)C)c(C)c1)C(=O)N(C=O)CCCCC)C(F)(F)F. The van der Waals surface area contributed by atoms with Gasteiger partial charge in [0, 0.05) is 44.6 Å². The number of alkyl halides is 3. The van der Waals surface area contributed by atoms with Crippen molar-refractivity contribution in [1.29, 1.82) is 0 Å². The van der Waals surface area contributed by atoms with Crippen molar-refractivity contribution in [2.75, 3.05) is 32.6 Å². The van der Waals surface area contributed by atoms with Gasteiger partial charge in [0.25, 0.3) is 0 Å². The van der Waals surface area contributed by atoms with E-state index in [1.54, 1.807) is 6.92 Å². The van der Waals surface area contributed by atoms with Crippen LogP contribution >= 0.6 is 0 Å². The van der Waals surface area contributed by atoms with E-state index < -0.39 is 17.8 Å². The first-order valence-electron chi connectivity index (χ1n) is 12.0. The highest BCUT2D eigenvalue weighted by Gasteiger charge is 2.29. The van der Waals surface area contributed by atoms with Crippen molar-refractivity contribution in [2.24, 2.45) is 4.99 Å². The molecule has 0 aromatic heterocycles. The second-order valence-corrected chi connectivity index (χ2v) is 8.79. The van der Waals surface area contributed by atoms with Gasteiger partial charge < -0.3 is 10.2 Å². The van der Waals surface area contributed by atoms with E-state index in [4.69, 9.17) is 0 Å². The maximum Gasteiger partial charge on any atom is 0.415 e. The van der Waals surface area contributed by atoms with Gasteiger partial charge in [0.2, 0.25) is 12.4 Å². The molecule has 10 heteroatoms. The molecule has 1 rings (SSSR count). The van der Waals surface area contributed by atoms with E-state index in [1.165, 1.54) is 24.1 Å². The molecule has 1 aromatic rings. The molecule has 204 valence electrons. The molecule has 1 N–H and O–H groups in total. The number of unbranched alkanes of at least 4 members (excludes halogenated alkanes) is 2. The number of halogens is 3. The maximum atomic E-state index is 13.5. The molecule has 0 atom stereocenters. The predicted octanol–water partition coefficient (Wildman–Crippen LogP) is 5.79. The van der Waals surface area contributed by atoms with Crippen LogP contribution in [0.2, 0.25) is 0 Å². The average molecular weight is 522 g/mol. The number of aliphatic imine (C=N–C) groups is 1. The summed E-state index contributed by atoms with van der Waals surface area (Å²) in [5, 5.41) is 2.97. The van der Waals surface area contributed by atoms with E-state index in [0.717, 1.165) is 40.6 Å². The van der Waals surface area contributed by atoms with Crippen LogP contribution in [0.4, 0.5) is 23.7 Å². The zero-order valence-electron chi connectivity index (χ0n) is 22.5. The lowest BCUT2D eigenvalue weighted by Gasteiger charge is -2.29. The third-order valence-electron chi connectivity index (χ3n) is 5.47. The normalized spacial score (nSPS) is 12.5. The first kappa shape index (κ1) is 31.5. The largest absolute Gasteiger partial charge is 0.415 e. The monoisotopic (exact) mass is 521 g/mol. The van der Waals surface area contributed by atoms with Crippen molar-refractivity contribution in [2.45, 2.75) is 52.8 Å². The van der Waals surface area contributed by atoms with Crippen LogP contribution in [-0.2, 0) is 11.3 Å². The van der Waals surface area contributed by atoms with Crippen molar-refractivity contribution in [3.63, 3.8) is 0 Å². The van der Waals surface area contributed by atoms with Crippen molar-refractivity contribution in [1.82, 2.24) is 15.1 Å². The summed E-state index contributed by atoms with van der Waals surface area (Å²) in [4.78, 5) is 33.9. The topological polar surface area (TPSA) is 68.2 Å². The van der Waals surface area contributed by atoms with Gasteiger partial charge in [-0.25, -0.2) is 4.79 Å². The molecule has 0 aliphatic heterocycles. The summed E-state index contributed by atoms with van der Waals surface area (Å²) in [6, 6.07) is 5.25. The number of guanidine groups is 1. The van der Waals surface area contributed by atoms with Gasteiger partial charge in [-0.1, -0.05) is 50.6 Å². The Bertz CT molecular complexity index is 1030. The summed E-state index contributed by atoms with van der Waals surface area (Å²) in [5.74, 6) is 0.151. The second kappa shape index (κ2) is 14.9. The molecule has 0 bridgehead atoms. The minimum atomic E-state index is -4.51. The summed E-state index contributed by atoms with van der Waals surface area (Å²) >= 11 is 0. The Morgan fingerprint density at radius 3 is 2.41 bits per heavy atom. The number of hydrogen-bond acceptors (Lipinski definition) is 4. The molecule has 0 unspecified atom stereocenters. The molecule has 3 amide bonds. The maximum absolute atomic E-state index is 13.5. The number of aryl methyl sites for hydroxylation is 1. The fourth-order valence-corrected chi connectivity index (χ4v) is 3.48. The van der Waals surface area contributed by atoms with Crippen LogP contribution in [0.3, 0.4) is 0 Å². The average Bonchev–Trinajstić information content (AvgIpc) is 2.82. The zero-order valence-corrected chi connectivity index (χ0v) is 22.5. The molecular formula is C27H38F3N5O2. The third kappa shape index (κ3) is 10.1. The number of benzene rings is 1. The molecule has 7 nitrogen and oxygen atoms in total. The molecule has 0 fully saturated rings. The zero-order chi connectivity index (χ0) is 28.2. The summed E-state index contributed by atoms with van der Waals surface area (Å²) in [6.07, 6.45) is 1.95. The van der Waals surface area contributed by atoms with Crippen LogP contribution in [-0.4, -0.2) is 62.1 Å². The molecule has 0 saturated carbocycles. The van der Waals surface area contributed by atoms with Gasteiger partial charge in [-0.3, -0.25) is 19.6 Å². The first-order valence-corrected chi connectivity index (χ1v) is 12.0. The Balaban J connectivity index is 3.29. The number of nitrogens with zero attached hydrogens (tertiary/aromatic N) is 4. The van der Waals surface area contributed by atoms with E-state index in [9.17, 15) is 22.8 Å². The molecule has 37 heavy (non-hydrogen) atoms. The Labute approximate surface area is 218 Å². The van der Waals surface area contributed by atoms with Crippen molar-refractivity contribution in [3.8, 4) is 0 Å². The van der Waals surface area contributed by atoms with Crippen molar-refractivity contribution < 1.29 is 22.8 Å². The highest BCUT2D eigenvalue weighted by atomic mass is 19.4. The summed E-state index contributed by atoms with van der Waals surface area (Å²) < 4.78 is 38.0. The van der Waals surface area contributed by atoms with E-state index in [0.29, 0.717) is 18.5 Å².